The van der Waals surface area contributed by atoms with Crippen LogP contribution in [0, 0.1) is 28.9 Å². The Labute approximate surface area is 136 Å². The fourth-order valence-corrected chi connectivity index (χ4v) is 2.60. The highest BCUT2D eigenvalue weighted by Gasteiger charge is 2.21. The van der Waals surface area contributed by atoms with Gasteiger partial charge >= 0.3 is 0 Å². The molecule has 1 unspecified atom stereocenters. The Morgan fingerprint density at radius 2 is 2.09 bits per heavy atom. The predicted octanol–water partition coefficient (Wildman–Crippen LogP) is 2.26. The van der Waals surface area contributed by atoms with Gasteiger partial charge in [0.05, 0.1) is 10.5 Å². The van der Waals surface area contributed by atoms with Crippen LogP contribution in [-0.2, 0) is 0 Å². The van der Waals surface area contributed by atoms with E-state index < -0.39 is 10.8 Å². The number of aryl methyl sites for hydroxylation is 1. The second-order valence-electron chi connectivity index (χ2n) is 6.22. The molecule has 0 radical (unpaired) electrons. The minimum atomic E-state index is -0.591. The number of carbonyl (C=O) groups is 1. The molecule has 0 heterocycles. The number of nitrogens with two attached hydrogens (primary N) is 1. The highest BCUT2D eigenvalue weighted by Crippen LogP contribution is 2.27. The van der Waals surface area contributed by atoms with Crippen molar-refractivity contribution in [3.63, 3.8) is 0 Å². The van der Waals surface area contributed by atoms with Crippen LogP contribution in [0.3, 0.4) is 0 Å². The normalized spacial score (nSPS) is 12.2. The average Bonchev–Trinajstić information content (AvgIpc) is 2.45. The van der Waals surface area contributed by atoms with Gasteiger partial charge in [0.15, 0.2) is 0 Å². The number of nitro groups is 1. The minimum Gasteiger partial charge on any atom is -0.396 e. The summed E-state index contributed by atoms with van der Waals surface area (Å²) in [7, 11) is 0. The van der Waals surface area contributed by atoms with Crippen molar-refractivity contribution in [2.45, 2.75) is 33.6 Å². The minimum absolute atomic E-state index is 0.0608. The van der Waals surface area contributed by atoms with E-state index in [0.717, 1.165) is 6.42 Å². The number of rotatable bonds is 8. The number of benzene rings is 1. The maximum absolute atomic E-state index is 12.3. The Hall–Kier alpha value is -2.15. The number of nitrogens with one attached hydrogen (secondary N) is 1. The Balaban J connectivity index is 2.87. The first-order chi connectivity index (χ1) is 10.8. The molecule has 1 aromatic carbocycles. The number of carbonyl (C=O) groups excluding carboxylic acids is 1. The molecular formula is C16H25N3O4. The lowest BCUT2D eigenvalue weighted by molar-refractivity contribution is -0.384. The summed E-state index contributed by atoms with van der Waals surface area (Å²) in [5.41, 5.74) is 6.09. The van der Waals surface area contributed by atoms with Gasteiger partial charge in [-0.15, -0.1) is 0 Å². The van der Waals surface area contributed by atoms with E-state index in [-0.39, 0.29) is 29.5 Å². The van der Waals surface area contributed by atoms with Crippen LogP contribution in [-0.4, -0.2) is 29.1 Å². The first kappa shape index (κ1) is 18.9. The predicted molar refractivity (Wildman–Crippen MR) is 89.2 cm³/mol. The van der Waals surface area contributed by atoms with Gasteiger partial charge in [0.1, 0.15) is 5.69 Å². The van der Waals surface area contributed by atoms with Gasteiger partial charge in [-0.1, -0.05) is 13.8 Å². The number of hydrogen-bond acceptors (Lipinski definition) is 5. The maximum atomic E-state index is 12.3. The maximum Gasteiger partial charge on any atom is 0.293 e. The molecule has 23 heavy (non-hydrogen) atoms. The van der Waals surface area contributed by atoms with Crippen molar-refractivity contribution in [3.8, 4) is 0 Å². The lowest BCUT2D eigenvalue weighted by Crippen LogP contribution is -2.31. The number of aliphatic hydroxyl groups excluding tert-OH is 1. The van der Waals surface area contributed by atoms with Gasteiger partial charge in [-0.3, -0.25) is 14.9 Å². The summed E-state index contributed by atoms with van der Waals surface area (Å²) in [5, 5.41) is 22.9. The monoisotopic (exact) mass is 323 g/mol. The first-order valence-corrected chi connectivity index (χ1v) is 7.69. The number of nitrogens with zero attached hydrogens (tertiary/aromatic N) is 1. The molecule has 0 fully saturated rings. The molecule has 0 aromatic heterocycles. The largest absolute Gasteiger partial charge is 0.396 e. The van der Waals surface area contributed by atoms with Crippen molar-refractivity contribution in [2.24, 2.45) is 11.8 Å². The molecular weight excluding hydrogens is 298 g/mol. The van der Waals surface area contributed by atoms with Gasteiger partial charge in [-0.2, -0.15) is 0 Å². The molecule has 0 aliphatic carbocycles. The lowest BCUT2D eigenvalue weighted by Gasteiger charge is -2.19. The van der Waals surface area contributed by atoms with Crippen molar-refractivity contribution < 1.29 is 14.8 Å². The fraction of sp³-hybridized carbons (Fsp3) is 0.562. The van der Waals surface area contributed by atoms with Crippen LogP contribution >= 0.6 is 0 Å². The molecule has 0 bridgehead atoms. The van der Waals surface area contributed by atoms with Crippen LogP contribution in [0.1, 0.15) is 42.6 Å². The van der Waals surface area contributed by atoms with Gasteiger partial charge < -0.3 is 16.2 Å². The van der Waals surface area contributed by atoms with E-state index in [9.17, 15) is 14.9 Å². The zero-order valence-electron chi connectivity index (χ0n) is 13.8. The van der Waals surface area contributed by atoms with Gasteiger partial charge in [0, 0.05) is 19.2 Å². The standard InChI is InChI=1S/C16H25N3O4/c1-10(2)6-12(4-5-20)9-18-16(21)13-7-11(3)8-14(15(13)17)19(22)23/h7-8,10,12,20H,4-6,9,17H2,1-3H3,(H,18,21). The van der Waals surface area contributed by atoms with Crippen LogP contribution < -0.4 is 11.1 Å². The molecule has 1 atom stereocenters. The molecule has 0 spiro atoms. The van der Waals surface area contributed by atoms with Crippen molar-refractivity contribution in [1.82, 2.24) is 5.32 Å². The number of amides is 1. The van der Waals surface area contributed by atoms with E-state index in [4.69, 9.17) is 10.8 Å². The number of nitro benzene ring substituents is 1. The summed E-state index contributed by atoms with van der Waals surface area (Å²) >= 11 is 0. The van der Waals surface area contributed by atoms with Crippen molar-refractivity contribution in [3.05, 3.63) is 33.4 Å². The number of nitrogen functional groups attached to an aromatic ring is 1. The van der Waals surface area contributed by atoms with E-state index in [1.807, 2.05) is 0 Å². The molecule has 7 nitrogen and oxygen atoms in total. The third-order valence-electron chi connectivity index (χ3n) is 3.64. The lowest BCUT2D eigenvalue weighted by atomic mass is 9.94. The second kappa shape index (κ2) is 8.47. The molecule has 1 amide bonds. The summed E-state index contributed by atoms with van der Waals surface area (Å²) in [6.07, 6.45) is 1.48. The molecule has 1 aromatic rings. The van der Waals surface area contributed by atoms with Crippen LogP contribution in [0.25, 0.3) is 0 Å². The van der Waals surface area contributed by atoms with Gasteiger partial charge in [-0.05, 0) is 43.2 Å². The van der Waals surface area contributed by atoms with E-state index >= 15 is 0 Å². The molecule has 7 heteroatoms. The highest BCUT2D eigenvalue weighted by atomic mass is 16.6. The molecule has 128 valence electrons. The summed E-state index contributed by atoms with van der Waals surface area (Å²) in [4.78, 5) is 22.7. The summed E-state index contributed by atoms with van der Waals surface area (Å²) in [6, 6.07) is 2.89. The van der Waals surface area contributed by atoms with Crippen LogP contribution in [0.15, 0.2) is 12.1 Å². The fourth-order valence-electron chi connectivity index (χ4n) is 2.60. The Morgan fingerprint density at radius 3 is 2.61 bits per heavy atom. The summed E-state index contributed by atoms with van der Waals surface area (Å²) in [6.45, 7) is 6.29. The number of anilines is 1. The zero-order chi connectivity index (χ0) is 17.6. The molecule has 1 rings (SSSR count). The Kier molecular flexibility index (Phi) is 6.96. The molecule has 0 aliphatic rings. The molecule has 0 saturated carbocycles. The van der Waals surface area contributed by atoms with Crippen LogP contribution in [0.4, 0.5) is 11.4 Å². The van der Waals surface area contributed by atoms with Crippen molar-refractivity contribution in [1.29, 1.82) is 0 Å². The Bertz CT molecular complexity index is 573. The molecule has 0 aliphatic heterocycles. The summed E-state index contributed by atoms with van der Waals surface area (Å²) in [5.74, 6) is 0.180. The third-order valence-corrected chi connectivity index (χ3v) is 3.64. The van der Waals surface area contributed by atoms with E-state index in [1.165, 1.54) is 6.07 Å². The average molecular weight is 323 g/mol. The van der Waals surface area contributed by atoms with Crippen LogP contribution in [0.2, 0.25) is 0 Å². The van der Waals surface area contributed by atoms with Crippen molar-refractivity contribution >= 4 is 17.3 Å². The van der Waals surface area contributed by atoms with Crippen molar-refractivity contribution in [2.75, 3.05) is 18.9 Å². The van der Waals surface area contributed by atoms with Gasteiger partial charge in [-0.25, -0.2) is 0 Å². The Morgan fingerprint density at radius 1 is 1.43 bits per heavy atom. The summed E-state index contributed by atoms with van der Waals surface area (Å²) < 4.78 is 0. The number of aliphatic hydroxyl groups is 1. The highest BCUT2D eigenvalue weighted by molar-refractivity contribution is 6.01. The van der Waals surface area contributed by atoms with Crippen LogP contribution in [0.5, 0.6) is 0 Å². The molecule has 0 saturated heterocycles. The SMILES string of the molecule is Cc1cc(C(=O)NCC(CCO)CC(C)C)c(N)c([N+](=O)[O-])c1. The van der Waals surface area contributed by atoms with E-state index in [0.29, 0.717) is 24.4 Å². The topological polar surface area (TPSA) is 118 Å². The first-order valence-electron chi connectivity index (χ1n) is 7.69. The number of hydrogen-bond donors (Lipinski definition) is 3. The zero-order valence-corrected chi connectivity index (χ0v) is 13.8. The van der Waals surface area contributed by atoms with Gasteiger partial charge in [0.25, 0.3) is 11.6 Å². The smallest absolute Gasteiger partial charge is 0.293 e. The third kappa shape index (κ3) is 5.52. The quantitative estimate of drug-likeness (QED) is 0.385. The molecule has 4 N–H and O–H groups in total. The van der Waals surface area contributed by atoms with E-state index in [1.54, 1.807) is 13.0 Å². The van der Waals surface area contributed by atoms with E-state index in [2.05, 4.69) is 19.2 Å². The van der Waals surface area contributed by atoms with Gasteiger partial charge in [0.2, 0.25) is 0 Å². The second-order valence-corrected chi connectivity index (χ2v) is 6.22.